The van der Waals surface area contributed by atoms with Crippen molar-refractivity contribution in [1.29, 1.82) is 0 Å². The SMILES string of the molecule is COc1c(O)ccc2c1C#CCc1cc(c3c4c1OCNC15CC6(CCCC6)CCC1CC(C(CO)OC)C1C=CC5(C#CC5NC(N)=NC(C(C)C)CSSCC5C(C3)C(O)O4)C1)CCC(O)CC(=O)CC2. The van der Waals surface area contributed by atoms with E-state index in [0.717, 1.165) is 60.1 Å². The first-order chi connectivity index (χ1) is 35.3. The number of ether oxygens (including phenoxy) is 4. The van der Waals surface area contributed by atoms with Gasteiger partial charge in [0, 0.05) is 66.4 Å². The summed E-state index contributed by atoms with van der Waals surface area (Å²) in [5.41, 5.74) is 9.82. The monoisotopic (exact) mass is 1040 g/mol. The number of rotatable bonds is 5. The Bertz CT molecular complexity index is 2580. The molecule has 3 spiro atoms. The van der Waals surface area contributed by atoms with E-state index in [4.69, 9.17) is 29.7 Å². The van der Waals surface area contributed by atoms with Crippen LogP contribution >= 0.6 is 21.6 Å². The van der Waals surface area contributed by atoms with Crippen LogP contribution in [0.3, 0.4) is 0 Å². The highest BCUT2D eigenvalue weighted by molar-refractivity contribution is 8.76. The smallest absolute Gasteiger partial charge is 0.201 e. The maximum atomic E-state index is 13.4. The van der Waals surface area contributed by atoms with Crippen molar-refractivity contribution in [1.82, 2.24) is 10.6 Å². The first-order valence-corrected chi connectivity index (χ1v) is 29.4. The number of fused-ring (bicyclic) bond motifs is 7. The summed E-state index contributed by atoms with van der Waals surface area (Å²) in [6.07, 6.45) is 13.9. The zero-order valence-electron chi connectivity index (χ0n) is 43.1. The molecule has 5 aliphatic carbocycles. The largest absolute Gasteiger partial charge is 0.504 e. The van der Waals surface area contributed by atoms with Crippen LogP contribution in [0.1, 0.15) is 119 Å². The summed E-state index contributed by atoms with van der Waals surface area (Å²) in [6, 6.07) is 4.96. The van der Waals surface area contributed by atoms with Crippen molar-refractivity contribution in [3.8, 4) is 46.7 Å². The summed E-state index contributed by atoms with van der Waals surface area (Å²) in [5.74, 6) is 17.6. The number of aliphatic imine (C=N–C) groups is 1. The van der Waals surface area contributed by atoms with Crippen molar-refractivity contribution < 1.29 is 44.2 Å². The summed E-state index contributed by atoms with van der Waals surface area (Å²) in [4.78, 5) is 18.5. The molecular weight excluding hydrogens is 961 g/mol. The lowest BCUT2D eigenvalue weighted by atomic mass is 9.51. The number of guanidine groups is 1. The number of aromatic hydroxyl groups is 1. The lowest BCUT2D eigenvalue weighted by molar-refractivity contribution is -0.121. The van der Waals surface area contributed by atoms with Crippen LogP contribution in [-0.4, -0.2) is 107 Å². The Morgan fingerprint density at radius 1 is 1.00 bits per heavy atom. The third-order valence-electron chi connectivity index (χ3n) is 18.4. The Morgan fingerprint density at radius 3 is 2.60 bits per heavy atom. The van der Waals surface area contributed by atoms with Gasteiger partial charge in [0.05, 0.1) is 49.0 Å². The summed E-state index contributed by atoms with van der Waals surface area (Å²) in [6.45, 7) is 4.42. The van der Waals surface area contributed by atoms with E-state index in [1.165, 1.54) is 32.8 Å². The van der Waals surface area contributed by atoms with Crippen LogP contribution in [0.25, 0.3) is 0 Å². The van der Waals surface area contributed by atoms with Crippen molar-refractivity contribution in [2.24, 2.45) is 57.1 Å². The van der Waals surface area contributed by atoms with Crippen molar-refractivity contribution in [3.63, 3.8) is 0 Å². The van der Waals surface area contributed by atoms with Gasteiger partial charge in [0.2, 0.25) is 6.29 Å². The molecule has 9 aliphatic rings. The second-order valence-corrected chi connectivity index (χ2v) is 25.4. The van der Waals surface area contributed by atoms with Crippen LogP contribution in [-0.2, 0) is 35.2 Å². The van der Waals surface area contributed by atoms with E-state index in [2.05, 4.69) is 66.4 Å². The molecule has 8 bridgehead atoms. The average Bonchev–Trinajstić information content (AvgIpc) is 4.00. The minimum Gasteiger partial charge on any atom is -0.504 e. The number of phenols is 1. The molecule has 394 valence electrons. The first kappa shape index (κ1) is 52.4. The number of aliphatic hydroxyl groups excluding tert-OH is 3. The Balaban J connectivity index is 1.17. The number of allylic oxidation sites excluding steroid dienone is 1. The minimum atomic E-state index is -1.24. The van der Waals surface area contributed by atoms with E-state index in [0.29, 0.717) is 54.5 Å². The molecule has 8 N–H and O–H groups in total. The Kier molecular flexibility index (Phi) is 15.7. The fraction of sp³-hybridized carbons (Fsp3) is 0.655. The predicted molar refractivity (Wildman–Crippen MR) is 286 cm³/mol. The molecule has 12 atom stereocenters. The second kappa shape index (κ2) is 21.9. The number of hydrogen-bond donors (Lipinski definition) is 7. The van der Waals surface area contributed by atoms with Gasteiger partial charge in [-0.15, -0.1) is 0 Å². The second-order valence-electron chi connectivity index (χ2n) is 22.8. The molecule has 4 heterocycles. The number of Topliss-reactive ketones (excluding diaryl/α,β-unsaturated/α-hetero) is 1. The number of nitrogens with two attached hydrogens (primary N) is 1. The number of hydrogen-bond acceptors (Lipinski definition) is 15. The maximum absolute atomic E-state index is 13.4. The normalized spacial score (nSPS) is 34.3. The summed E-state index contributed by atoms with van der Waals surface area (Å²) in [5, 5.41) is 53.6. The van der Waals surface area contributed by atoms with Crippen LogP contribution < -0.4 is 30.6 Å². The molecule has 3 fully saturated rings. The summed E-state index contributed by atoms with van der Waals surface area (Å²) >= 11 is 0. The van der Waals surface area contributed by atoms with Crippen LogP contribution in [0.4, 0.5) is 0 Å². The highest BCUT2D eigenvalue weighted by atomic mass is 33.1. The molecule has 0 aromatic heterocycles. The van der Waals surface area contributed by atoms with E-state index in [1.54, 1.807) is 40.8 Å². The van der Waals surface area contributed by atoms with Crippen LogP contribution in [0.15, 0.2) is 35.3 Å². The van der Waals surface area contributed by atoms with Crippen molar-refractivity contribution >= 4 is 33.3 Å². The molecule has 15 heteroatoms. The third-order valence-corrected chi connectivity index (χ3v) is 20.9. The van der Waals surface area contributed by atoms with E-state index in [-0.39, 0.29) is 97.0 Å². The molecule has 0 radical (unpaired) electrons. The number of carbonyl (C=O) groups is 1. The molecule has 0 saturated heterocycles. The van der Waals surface area contributed by atoms with Crippen molar-refractivity contribution in [2.75, 3.05) is 39.1 Å². The number of methoxy groups -OCH3 is 2. The van der Waals surface area contributed by atoms with Gasteiger partial charge in [-0.2, -0.15) is 0 Å². The summed E-state index contributed by atoms with van der Waals surface area (Å²) in [7, 11) is 6.78. The third kappa shape index (κ3) is 10.2. The summed E-state index contributed by atoms with van der Waals surface area (Å²) < 4.78 is 25.9. The number of aryl methyl sites for hydroxylation is 2. The lowest BCUT2D eigenvalue weighted by Crippen LogP contribution is -2.65. The molecule has 13 nitrogen and oxygen atoms in total. The highest BCUT2D eigenvalue weighted by Gasteiger charge is 2.64. The lowest BCUT2D eigenvalue weighted by Gasteiger charge is -2.58. The molecule has 12 unspecified atom stereocenters. The van der Waals surface area contributed by atoms with Gasteiger partial charge in [0.15, 0.2) is 29.0 Å². The van der Waals surface area contributed by atoms with Crippen molar-refractivity contribution in [3.05, 3.63) is 58.2 Å². The molecular formula is C58H76N4O9S2. The Hall–Kier alpha value is -4.06. The molecule has 0 amide bonds. The van der Waals surface area contributed by atoms with Gasteiger partial charge in [-0.25, -0.2) is 4.99 Å². The maximum Gasteiger partial charge on any atom is 0.201 e. The highest BCUT2D eigenvalue weighted by Crippen LogP contribution is 2.65. The number of phenolic OH excluding ortho intramolecular Hbond substituents is 1. The number of benzene rings is 2. The minimum absolute atomic E-state index is 0.00514. The molecule has 2 aromatic rings. The van der Waals surface area contributed by atoms with Gasteiger partial charge in [0.1, 0.15) is 12.5 Å². The zero-order valence-corrected chi connectivity index (χ0v) is 44.7. The predicted octanol–water partition coefficient (Wildman–Crippen LogP) is 7.00. The van der Waals surface area contributed by atoms with Crippen LogP contribution in [0.5, 0.6) is 23.0 Å². The molecule has 4 aliphatic heterocycles. The number of nitrogens with zero attached hydrogens (tertiary/aromatic N) is 1. The van der Waals surface area contributed by atoms with Gasteiger partial charge in [-0.05, 0) is 117 Å². The first-order valence-electron chi connectivity index (χ1n) is 27.0. The molecule has 73 heavy (non-hydrogen) atoms. The van der Waals surface area contributed by atoms with E-state index >= 15 is 0 Å². The quantitative estimate of drug-likeness (QED) is 0.0918. The van der Waals surface area contributed by atoms with Crippen LogP contribution in [0, 0.1) is 70.0 Å². The molecule has 2 aromatic carbocycles. The standard InChI is InChI=1S/C58H76N4O9S2/c1-34(2)48-31-73-72-30-46-45-27-44-36-11-14-41(65)26-40(64)13-10-35-12-15-49(66)52(69-4)42(35)9-7-8-37(24-36)51(53(44)71-54(45)67)70-33-60-58-32-56(19-5-6-20-56)21-17-39(58)25-43(50(29-63)68-3)38-16-22-57(58,28-38)23-18-47(46)61-55(59)62-48/h12,15-16,22,24,34,38-39,41,43,45-48,50,54,60,63,65-67H,5-6,8,10-11,13-14,17,19-21,25-33H2,1-4H3,(H3,59,61,62). The number of nitrogens with one attached hydrogen (secondary N) is 2. The Morgan fingerprint density at radius 2 is 1.82 bits per heavy atom. The van der Waals surface area contributed by atoms with Gasteiger partial charge >= 0.3 is 0 Å². The van der Waals surface area contributed by atoms with Gasteiger partial charge < -0.3 is 50.4 Å². The van der Waals surface area contributed by atoms with Gasteiger partial charge in [-0.1, -0.05) is 96.2 Å². The zero-order chi connectivity index (χ0) is 51.1. The number of carbonyl (C=O) groups excluding carboxylic acids is 1. The fourth-order valence-electron chi connectivity index (χ4n) is 14.4. The topological polar surface area (TPSA) is 197 Å². The Labute approximate surface area is 439 Å². The van der Waals surface area contributed by atoms with E-state index in [1.807, 2.05) is 0 Å². The number of aliphatic hydroxyl groups is 3. The fourth-order valence-corrected chi connectivity index (χ4v) is 17.3. The van der Waals surface area contributed by atoms with Gasteiger partial charge in [-0.3, -0.25) is 10.1 Å². The van der Waals surface area contributed by atoms with Crippen molar-refractivity contribution in [2.45, 2.75) is 153 Å². The molecule has 11 rings (SSSR count). The van der Waals surface area contributed by atoms with Gasteiger partial charge in [0.25, 0.3) is 0 Å². The molecule has 3 saturated carbocycles. The average molecular weight is 1040 g/mol. The number of ketones is 1. The van der Waals surface area contributed by atoms with E-state index < -0.39 is 35.3 Å². The van der Waals surface area contributed by atoms with Crippen LogP contribution in [0.2, 0.25) is 0 Å². The van der Waals surface area contributed by atoms with E-state index in [9.17, 15) is 25.2 Å².